The summed E-state index contributed by atoms with van der Waals surface area (Å²) in [4.78, 5) is 14.2. The molecule has 22 heavy (non-hydrogen) atoms. The van der Waals surface area contributed by atoms with Crippen LogP contribution in [0.25, 0.3) is 0 Å². The normalized spacial score (nSPS) is 18.0. The van der Waals surface area contributed by atoms with Crippen molar-refractivity contribution in [2.45, 2.75) is 25.8 Å². The molecule has 1 aromatic carbocycles. The predicted octanol–water partition coefficient (Wildman–Crippen LogP) is 3.89. The third-order valence-electron chi connectivity index (χ3n) is 3.73. The van der Waals surface area contributed by atoms with E-state index >= 15 is 0 Å². The van der Waals surface area contributed by atoms with Crippen LogP contribution < -0.4 is 0 Å². The highest BCUT2D eigenvalue weighted by molar-refractivity contribution is 6.33. The fourth-order valence-corrected chi connectivity index (χ4v) is 2.92. The minimum Gasteiger partial charge on any atom is -0.359 e. The Morgan fingerprint density at radius 2 is 2.09 bits per heavy atom. The molecule has 2 heterocycles. The van der Waals surface area contributed by atoms with Gasteiger partial charge in [0, 0.05) is 12.6 Å². The lowest BCUT2D eigenvalue weighted by Crippen LogP contribution is -2.30. The van der Waals surface area contributed by atoms with Crippen molar-refractivity contribution < 1.29 is 18.1 Å². The van der Waals surface area contributed by atoms with Crippen molar-refractivity contribution in [2.24, 2.45) is 0 Å². The molecule has 2 aromatic rings. The summed E-state index contributed by atoms with van der Waals surface area (Å²) in [6, 6.07) is 3.15. The van der Waals surface area contributed by atoms with Gasteiger partial charge in [-0.25, -0.2) is 8.78 Å². The van der Waals surface area contributed by atoms with Crippen LogP contribution in [0.2, 0.25) is 5.02 Å². The first kappa shape index (κ1) is 15.0. The van der Waals surface area contributed by atoms with Gasteiger partial charge in [-0.3, -0.25) is 4.79 Å². The van der Waals surface area contributed by atoms with E-state index in [2.05, 4.69) is 5.16 Å². The highest BCUT2D eigenvalue weighted by Crippen LogP contribution is 2.34. The van der Waals surface area contributed by atoms with E-state index in [0.29, 0.717) is 12.3 Å². The molecule has 0 aliphatic carbocycles. The fourth-order valence-electron chi connectivity index (χ4n) is 2.69. The van der Waals surface area contributed by atoms with Gasteiger partial charge in [-0.2, -0.15) is 0 Å². The first-order chi connectivity index (χ1) is 10.5. The van der Waals surface area contributed by atoms with Crippen LogP contribution in [0.5, 0.6) is 0 Å². The molecule has 1 saturated heterocycles. The van der Waals surface area contributed by atoms with Crippen molar-refractivity contribution in [1.29, 1.82) is 0 Å². The zero-order valence-corrected chi connectivity index (χ0v) is 12.5. The third-order valence-corrected chi connectivity index (χ3v) is 4.04. The van der Waals surface area contributed by atoms with Gasteiger partial charge in [0.25, 0.3) is 5.91 Å². The molecule has 1 aliphatic heterocycles. The van der Waals surface area contributed by atoms with Gasteiger partial charge < -0.3 is 9.42 Å². The van der Waals surface area contributed by atoms with Crippen LogP contribution in [0.15, 0.2) is 22.7 Å². The Bertz CT molecular complexity index is 732. The van der Waals surface area contributed by atoms with Gasteiger partial charge in [0.05, 0.1) is 22.3 Å². The summed E-state index contributed by atoms with van der Waals surface area (Å²) in [5, 5.41) is 3.71. The smallest absolute Gasteiger partial charge is 0.256 e. The van der Waals surface area contributed by atoms with Crippen LogP contribution in [0.4, 0.5) is 8.78 Å². The average molecular weight is 327 g/mol. The fraction of sp³-hybridized carbons (Fsp3) is 0.333. The molecule has 1 amide bonds. The molecular formula is C15H13ClF2N2O2. The monoisotopic (exact) mass is 326 g/mol. The number of carbonyl (C=O) groups excluding carboxylic acids is 1. The van der Waals surface area contributed by atoms with Crippen LogP contribution in [-0.2, 0) is 0 Å². The number of aryl methyl sites for hydroxylation is 1. The standard InChI is InChI=1S/C15H13ClF2N2O2/c1-8-5-14(22-19-8)13-3-2-4-20(13)15(21)9-6-11(17)12(18)7-10(9)16/h5-7,13H,2-4H2,1H3/t13-/m0/s1. The van der Waals surface area contributed by atoms with Crippen molar-refractivity contribution >= 4 is 17.5 Å². The highest BCUT2D eigenvalue weighted by Gasteiger charge is 2.34. The van der Waals surface area contributed by atoms with Gasteiger partial charge in [-0.1, -0.05) is 16.8 Å². The van der Waals surface area contributed by atoms with Crippen molar-refractivity contribution in [3.05, 3.63) is 51.9 Å². The Morgan fingerprint density at radius 1 is 1.36 bits per heavy atom. The summed E-state index contributed by atoms with van der Waals surface area (Å²) in [6.45, 7) is 2.29. The number of rotatable bonds is 2. The summed E-state index contributed by atoms with van der Waals surface area (Å²) in [7, 11) is 0. The lowest BCUT2D eigenvalue weighted by atomic mass is 10.1. The second-order valence-corrected chi connectivity index (χ2v) is 5.68. The van der Waals surface area contributed by atoms with Crippen LogP contribution >= 0.6 is 11.6 Å². The minimum atomic E-state index is -1.10. The molecule has 1 atom stereocenters. The maximum absolute atomic E-state index is 13.4. The second kappa shape index (κ2) is 5.68. The molecule has 3 rings (SSSR count). The zero-order chi connectivity index (χ0) is 15.9. The number of aromatic nitrogens is 1. The lowest BCUT2D eigenvalue weighted by Gasteiger charge is -2.23. The van der Waals surface area contributed by atoms with Crippen LogP contribution in [0, 0.1) is 18.6 Å². The number of nitrogens with zero attached hydrogens (tertiary/aromatic N) is 2. The van der Waals surface area contributed by atoms with Crippen molar-refractivity contribution in [2.75, 3.05) is 6.54 Å². The van der Waals surface area contributed by atoms with E-state index in [1.54, 1.807) is 17.9 Å². The molecule has 7 heteroatoms. The molecule has 0 spiro atoms. The van der Waals surface area contributed by atoms with Gasteiger partial charge >= 0.3 is 0 Å². The van der Waals surface area contributed by atoms with Crippen molar-refractivity contribution in [3.8, 4) is 0 Å². The second-order valence-electron chi connectivity index (χ2n) is 5.27. The van der Waals surface area contributed by atoms with E-state index in [1.807, 2.05) is 0 Å². The molecule has 4 nitrogen and oxygen atoms in total. The number of hydrogen-bond donors (Lipinski definition) is 0. The number of halogens is 3. The molecule has 1 fully saturated rings. The van der Waals surface area contributed by atoms with Gasteiger partial charge in [0.15, 0.2) is 17.4 Å². The summed E-state index contributed by atoms with van der Waals surface area (Å²) >= 11 is 5.88. The van der Waals surface area contributed by atoms with Gasteiger partial charge in [0.1, 0.15) is 0 Å². The highest BCUT2D eigenvalue weighted by atomic mass is 35.5. The summed E-state index contributed by atoms with van der Waals surface area (Å²) in [5.41, 5.74) is 0.670. The SMILES string of the molecule is Cc1cc([C@@H]2CCCN2C(=O)c2cc(F)c(F)cc2Cl)on1. The quantitative estimate of drug-likeness (QED) is 0.786. The first-order valence-corrected chi connectivity index (χ1v) is 7.24. The maximum atomic E-state index is 13.4. The van der Waals surface area contributed by atoms with Gasteiger partial charge in [-0.05, 0) is 31.9 Å². The van der Waals surface area contributed by atoms with Crippen LogP contribution in [-0.4, -0.2) is 22.5 Å². The molecule has 0 bridgehead atoms. The molecule has 0 N–H and O–H groups in total. The van der Waals surface area contributed by atoms with E-state index in [4.69, 9.17) is 16.1 Å². The Labute approximate surface area is 130 Å². The van der Waals surface area contributed by atoms with Gasteiger partial charge in [-0.15, -0.1) is 0 Å². The number of likely N-dealkylation sites (tertiary alicyclic amines) is 1. The third kappa shape index (κ3) is 2.59. The van der Waals surface area contributed by atoms with Crippen LogP contribution in [0.1, 0.15) is 40.7 Å². The van der Waals surface area contributed by atoms with E-state index in [9.17, 15) is 13.6 Å². The Balaban J connectivity index is 1.92. The number of amides is 1. The Kier molecular flexibility index (Phi) is 3.87. The van der Waals surface area contributed by atoms with E-state index in [1.165, 1.54) is 0 Å². The zero-order valence-electron chi connectivity index (χ0n) is 11.8. The largest absolute Gasteiger partial charge is 0.359 e. The van der Waals surface area contributed by atoms with E-state index in [0.717, 1.165) is 30.7 Å². The number of benzene rings is 1. The molecule has 0 unspecified atom stereocenters. The molecule has 1 aromatic heterocycles. The summed E-state index contributed by atoms with van der Waals surface area (Å²) < 4.78 is 31.8. The van der Waals surface area contributed by atoms with Crippen molar-refractivity contribution in [1.82, 2.24) is 10.1 Å². The first-order valence-electron chi connectivity index (χ1n) is 6.86. The van der Waals surface area contributed by atoms with E-state index in [-0.39, 0.29) is 16.6 Å². The molecule has 0 radical (unpaired) electrons. The molecule has 116 valence electrons. The molecule has 1 aliphatic rings. The Morgan fingerprint density at radius 3 is 2.77 bits per heavy atom. The molecule has 0 saturated carbocycles. The average Bonchev–Trinajstić information content (AvgIpc) is 3.10. The van der Waals surface area contributed by atoms with Crippen molar-refractivity contribution in [3.63, 3.8) is 0 Å². The summed E-state index contributed by atoms with van der Waals surface area (Å²) in [5.74, 6) is -2.04. The summed E-state index contributed by atoms with van der Waals surface area (Å²) in [6.07, 6.45) is 1.51. The lowest BCUT2D eigenvalue weighted by molar-refractivity contribution is 0.0714. The molecular weight excluding hydrogens is 314 g/mol. The number of carbonyl (C=O) groups is 1. The van der Waals surface area contributed by atoms with Crippen LogP contribution in [0.3, 0.4) is 0 Å². The maximum Gasteiger partial charge on any atom is 0.256 e. The predicted molar refractivity (Wildman–Crippen MR) is 75.6 cm³/mol. The van der Waals surface area contributed by atoms with Gasteiger partial charge in [0.2, 0.25) is 0 Å². The number of hydrogen-bond acceptors (Lipinski definition) is 3. The Hall–Kier alpha value is -1.95. The minimum absolute atomic E-state index is 0.0521. The van der Waals surface area contributed by atoms with E-state index < -0.39 is 17.5 Å². The topological polar surface area (TPSA) is 46.3 Å².